The normalized spacial score (nSPS) is 19.6. The minimum Gasteiger partial charge on any atom is -0.481 e. The standard InChI is InChI=1S/C9H9N3O4S2/c1-4-2-5(13)12(7(4)16)8-10-11-9(18-8)17-3-6(14)15/h4H,2-3H2,1H3,(H,14,15). The summed E-state index contributed by atoms with van der Waals surface area (Å²) in [5.74, 6) is -2.01. The Hall–Kier alpha value is -1.48. The molecular formula is C9H9N3O4S2. The van der Waals surface area contributed by atoms with E-state index in [1.54, 1.807) is 6.92 Å². The van der Waals surface area contributed by atoms with Crippen molar-refractivity contribution in [3.8, 4) is 0 Å². The monoisotopic (exact) mass is 287 g/mol. The third-order valence-corrected chi connectivity index (χ3v) is 4.30. The first kappa shape index (κ1) is 13.0. The van der Waals surface area contributed by atoms with Crippen LogP contribution in [0, 0.1) is 5.92 Å². The quantitative estimate of drug-likeness (QED) is 0.492. The molecule has 1 fully saturated rings. The number of carboxylic acids is 1. The Morgan fingerprint density at radius 2 is 2.28 bits per heavy atom. The highest BCUT2D eigenvalue weighted by atomic mass is 32.2. The first-order valence-corrected chi connectivity index (χ1v) is 6.84. The average molecular weight is 287 g/mol. The Balaban J connectivity index is 2.12. The summed E-state index contributed by atoms with van der Waals surface area (Å²) in [6.07, 6.45) is 0.177. The Morgan fingerprint density at radius 1 is 1.56 bits per heavy atom. The van der Waals surface area contributed by atoms with Gasteiger partial charge in [0.05, 0.1) is 5.75 Å². The third-order valence-electron chi connectivity index (χ3n) is 2.28. The first-order chi connectivity index (χ1) is 8.49. The van der Waals surface area contributed by atoms with E-state index in [2.05, 4.69) is 10.2 Å². The Labute approximate surface area is 110 Å². The molecule has 9 heteroatoms. The number of aromatic nitrogens is 2. The molecule has 1 unspecified atom stereocenters. The van der Waals surface area contributed by atoms with Crippen LogP contribution < -0.4 is 4.90 Å². The molecule has 1 aromatic rings. The molecule has 0 aliphatic carbocycles. The smallest absolute Gasteiger partial charge is 0.313 e. The molecule has 0 aromatic carbocycles. The fourth-order valence-corrected chi connectivity index (χ4v) is 3.04. The van der Waals surface area contributed by atoms with E-state index in [-0.39, 0.29) is 35.0 Å². The van der Waals surface area contributed by atoms with Gasteiger partial charge in [-0.3, -0.25) is 14.4 Å². The van der Waals surface area contributed by atoms with E-state index < -0.39 is 5.97 Å². The van der Waals surface area contributed by atoms with Gasteiger partial charge in [-0.25, -0.2) is 4.90 Å². The number of imide groups is 1. The van der Waals surface area contributed by atoms with Crippen LogP contribution in [-0.2, 0) is 14.4 Å². The van der Waals surface area contributed by atoms with Gasteiger partial charge in [-0.1, -0.05) is 30.0 Å². The number of hydrogen-bond donors (Lipinski definition) is 1. The Morgan fingerprint density at radius 3 is 2.83 bits per heavy atom. The van der Waals surface area contributed by atoms with E-state index in [1.165, 1.54) is 0 Å². The lowest BCUT2D eigenvalue weighted by atomic mass is 10.1. The zero-order chi connectivity index (χ0) is 13.3. The summed E-state index contributed by atoms with van der Waals surface area (Å²) in [5.41, 5.74) is 0. The second-order valence-electron chi connectivity index (χ2n) is 3.71. The molecule has 0 radical (unpaired) electrons. The zero-order valence-corrected chi connectivity index (χ0v) is 11.0. The van der Waals surface area contributed by atoms with Crippen LogP contribution in [0.4, 0.5) is 5.13 Å². The van der Waals surface area contributed by atoms with Crippen LogP contribution in [0.5, 0.6) is 0 Å². The lowest BCUT2D eigenvalue weighted by Gasteiger charge is -2.08. The lowest BCUT2D eigenvalue weighted by molar-refractivity contribution is -0.134. The molecule has 0 bridgehead atoms. The number of rotatable bonds is 4. The number of thioether (sulfide) groups is 1. The van der Waals surface area contributed by atoms with Crippen molar-refractivity contribution < 1.29 is 19.5 Å². The van der Waals surface area contributed by atoms with Crippen molar-refractivity contribution in [3.05, 3.63) is 0 Å². The molecule has 0 saturated carbocycles. The van der Waals surface area contributed by atoms with Crippen LogP contribution in [0.1, 0.15) is 13.3 Å². The largest absolute Gasteiger partial charge is 0.481 e. The van der Waals surface area contributed by atoms with Crippen molar-refractivity contribution in [2.45, 2.75) is 17.7 Å². The van der Waals surface area contributed by atoms with Crippen molar-refractivity contribution in [1.82, 2.24) is 10.2 Å². The highest BCUT2D eigenvalue weighted by molar-refractivity contribution is 8.01. The van der Waals surface area contributed by atoms with Crippen LogP contribution >= 0.6 is 23.1 Å². The van der Waals surface area contributed by atoms with Crippen molar-refractivity contribution in [3.63, 3.8) is 0 Å². The number of carbonyl (C=O) groups is 3. The summed E-state index contributed by atoms with van der Waals surface area (Å²) in [7, 11) is 0. The molecule has 1 aliphatic rings. The summed E-state index contributed by atoms with van der Waals surface area (Å²) in [5, 5.41) is 16.2. The summed E-state index contributed by atoms with van der Waals surface area (Å²) >= 11 is 2.05. The minimum absolute atomic E-state index is 0.132. The van der Waals surface area contributed by atoms with Crippen LogP contribution in [0.15, 0.2) is 4.34 Å². The predicted molar refractivity (Wildman–Crippen MR) is 64.5 cm³/mol. The molecule has 1 atom stereocenters. The number of hydrogen-bond acceptors (Lipinski definition) is 7. The second-order valence-corrected chi connectivity index (χ2v) is 5.88. The number of anilines is 1. The van der Waals surface area contributed by atoms with Crippen molar-refractivity contribution >= 4 is 46.0 Å². The number of carboxylic acid groups (broad SMARTS) is 1. The average Bonchev–Trinajstić information content (AvgIpc) is 2.83. The maximum absolute atomic E-state index is 11.7. The Kier molecular flexibility index (Phi) is 3.62. The van der Waals surface area contributed by atoms with Crippen molar-refractivity contribution in [2.75, 3.05) is 10.7 Å². The maximum Gasteiger partial charge on any atom is 0.313 e. The predicted octanol–water partition coefficient (Wildman–Crippen LogP) is 0.614. The van der Waals surface area contributed by atoms with Gasteiger partial charge in [0.1, 0.15) is 0 Å². The maximum atomic E-state index is 11.7. The van der Waals surface area contributed by atoms with Gasteiger partial charge in [-0.15, -0.1) is 10.2 Å². The minimum atomic E-state index is -0.960. The van der Waals surface area contributed by atoms with Crippen LogP contribution in [0.2, 0.25) is 0 Å². The van der Waals surface area contributed by atoms with E-state index in [0.29, 0.717) is 4.34 Å². The molecule has 2 amide bonds. The molecule has 1 N–H and O–H groups in total. The van der Waals surface area contributed by atoms with Gasteiger partial charge in [0, 0.05) is 12.3 Å². The summed E-state index contributed by atoms with van der Waals surface area (Å²) in [6.45, 7) is 1.68. The molecular weight excluding hydrogens is 278 g/mol. The molecule has 18 heavy (non-hydrogen) atoms. The van der Waals surface area contributed by atoms with Crippen LogP contribution in [0.25, 0.3) is 0 Å². The van der Waals surface area contributed by atoms with Gasteiger partial charge in [0.15, 0.2) is 4.34 Å². The van der Waals surface area contributed by atoms with Gasteiger partial charge in [0.25, 0.3) is 0 Å². The SMILES string of the molecule is CC1CC(=O)N(c2nnc(SCC(=O)O)s2)C1=O. The topological polar surface area (TPSA) is 100 Å². The Bertz CT molecular complexity index is 516. The highest BCUT2D eigenvalue weighted by Gasteiger charge is 2.38. The molecule has 1 aromatic heterocycles. The van der Waals surface area contributed by atoms with Crippen LogP contribution in [0.3, 0.4) is 0 Å². The molecule has 7 nitrogen and oxygen atoms in total. The van der Waals surface area contributed by atoms with Crippen LogP contribution in [-0.4, -0.2) is 38.8 Å². The fourth-order valence-electron chi connectivity index (χ4n) is 1.46. The van der Waals surface area contributed by atoms with E-state index in [0.717, 1.165) is 28.0 Å². The molecule has 2 rings (SSSR count). The molecule has 1 aliphatic heterocycles. The number of amides is 2. The summed E-state index contributed by atoms with van der Waals surface area (Å²) < 4.78 is 0.424. The summed E-state index contributed by atoms with van der Waals surface area (Å²) in [6, 6.07) is 0. The van der Waals surface area contributed by atoms with Crippen molar-refractivity contribution in [2.24, 2.45) is 5.92 Å². The van der Waals surface area contributed by atoms with Crippen molar-refractivity contribution in [1.29, 1.82) is 0 Å². The van der Waals surface area contributed by atoms with Gasteiger partial charge >= 0.3 is 5.97 Å². The van der Waals surface area contributed by atoms with Gasteiger partial charge in [-0.2, -0.15) is 0 Å². The number of carbonyl (C=O) groups excluding carboxylic acids is 2. The van der Waals surface area contributed by atoms with E-state index >= 15 is 0 Å². The first-order valence-electron chi connectivity index (χ1n) is 5.04. The van der Waals surface area contributed by atoms with E-state index in [4.69, 9.17) is 5.11 Å². The molecule has 96 valence electrons. The highest BCUT2D eigenvalue weighted by Crippen LogP contribution is 2.32. The lowest BCUT2D eigenvalue weighted by Crippen LogP contribution is -2.29. The van der Waals surface area contributed by atoms with Gasteiger partial charge in [0.2, 0.25) is 16.9 Å². The van der Waals surface area contributed by atoms with E-state index in [1.807, 2.05) is 0 Å². The third kappa shape index (κ3) is 2.51. The molecule has 1 saturated heterocycles. The van der Waals surface area contributed by atoms with Gasteiger partial charge < -0.3 is 5.11 Å². The van der Waals surface area contributed by atoms with E-state index in [9.17, 15) is 14.4 Å². The molecule has 0 spiro atoms. The fraction of sp³-hybridized carbons (Fsp3) is 0.444. The number of aliphatic carboxylic acids is 1. The van der Waals surface area contributed by atoms with Gasteiger partial charge in [-0.05, 0) is 0 Å². The summed E-state index contributed by atoms with van der Waals surface area (Å²) in [4.78, 5) is 34.8. The number of nitrogens with zero attached hydrogens (tertiary/aromatic N) is 3. The zero-order valence-electron chi connectivity index (χ0n) is 9.32. The second kappa shape index (κ2) is 5.02. The molecule has 2 heterocycles.